The van der Waals surface area contributed by atoms with Gasteiger partial charge in [0.25, 0.3) is 5.69 Å². The second-order valence-electron chi connectivity index (χ2n) is 7.13. The average Bonchev–Trinajstić information content (AvgIpc) is 2.81. The molecule has 3 aromatic rings. The predicted molar refractivity (Wildman–Crippen MR) is 107 cm³/mol. The van der Waals surface area contributed by atoms with Gasteiger partial charge >= 0.3 is 6.18 Å². The molecule has 35 heavy (non-hydrogen) atoms. The number of halogens is 7. The molecule has 0 saturated heterocycles. The summed E-state index contributed by atoms with van der Waals surface area (Å²) in [5, 5.41) is 23.9. The standard InChI is InChI=1S/C22H13F7N2O4/c23-16-13(17(24)19(26)15(18(16)25)22(27,28)29)9-30-11-6-7-14(31(34)35)12(8-11)21(33)20(32)10-4-2-1-3-5-10/h1-8,20,30,32H,9H2. The van der Waals surface area contributed by atoms with Crippen molar-refractivity contribution in [3.05, 3.63) is 104 Å². The molecule has 2 N–H and O–H groups in total. The summed E-state index contributed by atoms with van der Waals surface area (Å²) < 4.78 is 94.0. The second-order valence-corrected chi connectivity index (χ2v) is 7.13. The smallest absolute Gasteiger partial charge is 0.381 e. The number of nitrogens with zero attached hydrogens (tertiary/aromatic N) is 1. The number of alkyl halides is 3. The lowest BCUT2D eigenvalue weighted by Gasteiger charge is -2.15. The molecule has 184 valence electrons. The highest BCUT2D eigenvalue weighted by Crippen LogP contribution is 2.37. The number of aliphatic hydroxyl groups is 1. The Kier molecular flexibility index (Phi) is 7.10. The number of aliphatic hydroxyl groups excluding tert-OH is 1. The molecule has 0 bridgehead atoms. The maximum atomic E-state index is 14.1. The van der Waals surface area contributed by atoms with Gasteiger partial charge in [-0.25, -0.2) is 17.6 Å². The van der Waals surface area contributed by atoms with Crippen LogP contribution in [0.1, 0.15) is 33.2 Å². The average molecular weight is 502 g/mol. The normalized spacial score (nSPS) is 12.3. The van der Waals surface area contributed by atoms with E-state index >= 15 is 0 Å². The highest BCUT2D eigenvalue weighted by Gasteiger charge is 2.42. The fourth-order valence-corrected chi connectivity index (χ4v) is 3.21. The molecule has 1 atom stereocenters. The Bertz CT molecular complexity index is 1270. The fraction of sp³-hybridized carbons (Fsp3) is 0.136. The van der Waals surface area contributed by atoms with Crippen molar-refractivity contribution in [3.63, 3.8) is 0 Å². The van der Waals surface area contributed by atoms with Gasteiger partial charge in [0.05, 0.1) is 4.92 Å². The summed E-state index contributed by atoms with van der Waals surface area (Å²) in [6.45, 7) is -1.09. The number of benzene rings is 3. The lowest BCUT2D eigenvalue weighted by molar-refractivity contribution is -0.385. The minimum Gasteiger partial charge on any atom is -0.381 e. The van der Waals surface area contributed by atoms with Crippen LogP contribution in [0.25, 0.3) is 0 Å². The Labute approximate surface area is 191 Å². The van der Waals surface area contributed by atoms with Crippen LogP contribution >= 0.6 is 0 Å². The zero-order valence-corrected chi connectivity index (χ0v) is 17.2. The van der Waals surface area contributed by atoms with Crippen molar-refractivity contribution in [1.82, 2.24) is 0 Å². The van der Waals surface area contributed by atoms with Crippen molar-refractivity contribution in [2.45, 2.75) is 18.8 Å². The van der Waals surface area contributed by atoms with Gasteiger partial charge in [-0.3, -0.25) is 14.9 Å². The molecule has 6 nitrogen and oxygen atoms in total. The molecule has 0 aliphatic rings. The van der Waals surface area contributed by atoms with Crippen molar-refractivity contribution < 1.29 is 45.6 Å². The quantitative estimate of drug-likeness (QED) is 0.142. The van der Waals surface area contributed by atoms with Crippen molar-refractivity contribution in [1.29, 1.82) is 0 Å². The van der Waals surface area contributed by atoms with E-state index in [1.165, 1.54) is 24.3 Å². The molecule has 0 heterocycles. The van der Waals surface area contributed by atoms with Crippen LogP contribution in [0.3, 0.4) is 0 Å². The first-order chi connectivity index (χ1) is 16.3. The first kappa shape index (κ1) is 25.6. The number of carbonyl (C=O) groups is 1. The van der Waals surface area contributed by atoms with Gasteiger partial charge in [-0.2, -0.15) is 13.2 Å². The number of nitro benzene ring substituents is 1. The molecule has 0 fully saturated rings. The maximum Gasteiger partial charge on any atom is 0.422 e. The summed E-state index contributed by atoms with van der Waals surface area (Å²) in [6, 6.07) is 10.0. The SMILES string of the molecule is O=C(c1cc(NCc2c(F)c(F)c(C(F)(F)F)c(F)c2F)ccc1[N+](=O)[O-])C(O)c1ccccc1. The van der Waals surface area contributed by atoms with Crippen molar-refractivity contribution in [2.24, 2.45) is 0 Å². The molecule has 0 amide bonds. The monoisotopic (exact) mass is 502 g/mol. The van der Waals surface area contributed by atoms with E-state index in [0.717, 1.165) is 18.2 Å². The summed E-state index contributed by atoms with van der Waals surface area (Å²) in [4.78, 5) is 23.1. The molecule has 0 radical (unpaired) electrons. The van der Waals surface area contributed by atoms with Gasteiger partial charge in [0.2, 0.25) is 5.78 Å². The number of nitro groups is 1. The molecule has 0 saturated carbocycles. The van der Waals surface area contributed by atoms with E-state index in [2.05, 4.69) is 5.32 Å². The number of hydrogen-bond donors (Lipinski definition) is 2. The Morgan fingerprint density at radius 2 is 1.54 bits per heavy atom. The van der Waals surface area contributed by atoms with E-state index in [9.17, 15) is 50.7 Å². The first-order valence-electron chi connectivity index (χ1n) is 9.56. The number of rotatable bonds is 7. The third kappa shape index (κ3) is 5.09. The van der Waals surface area contributed by atoms with Gasteiger partial charge < -0.3 is 10.4 Å². The van der Waals surface area contributed by atoms with Gasteiger partial charge in [0.1, 0.15) is 17.2 Å². The van der Waals surface area contributed by atoms with Crippen LogP contribution in [0.2, 0.25) is 0 Å². The Morgan fingerprint density at radius 3 is 2.06 bits per heavy atom. The van der Waals surface area contributed by atoms with Gasteiger partial charge in [-0.15, -0.1) is 0 Å². The minimum atomic E-state index is -5.70. The van der Waals surface area contributed by atoms with Crippen molar-refractivity contribution in [2.75, 3.05) is 5.32 Å². The summed E-state index contributed by atoms with van der Waals surface area (Å²) in [5.41, 5.74) is -5.58. The molecular weight excluding hydrogens is 489 g/mol. The third-order valence-electron chi connectivity index (χ3n) is 4.93. The molecule has 3 rings (SSSR count). The highest BCUT2D eigenvalue weighted by atomic mass is 19.4. The van der Waals surface area contributed by atoms with E-state index in [4.69, 9.17) is 0 Å². The number of hydrogen-bond acceptors (Lipinski definition) is 5. The molecule has 1 unspecified atom stereocenters. The van der Waals surface area contributed by atoms with E-state index in [1.807, 2.05) is 0 Å². The summed E-state index contributed by atoms with van der Waals surface area (Å²) in [5.74, 6) is -11.0. The van der Waals surface area contributed by atoms with Gasteiger partial charge in [0, 0.05) is 23.9 Å². The first-order valence-corrected chi connectivity index (χ1v) is 9.56. The lowest BCUT2D eigenvalue weighted by atomic mass is 9.98. The second kappa shape index (κ2) is 9.70. The Balaban J connectivity index is 1.96. The zero-order chi connectivity index (χ0) is 26.1. The predicted octanol–water partition coefficient (Wildman–Crippen LogP) is 5.70. The third-order valence-corrected chi connectivity index (χ3v) is 4.93. The Hall–Kier alpha value is -4.00. The molecule has 0 spiro atoms. The minimum absolute atomic E-state index is 0.116. The van der Waals surface area contributed by atoms with Gasteiger partial charge in [-0.1, -0.05) is 30.3 Å². The molecule has 0 aliphatic heterocycles. The van der Waals surface area contributed by atoms with Crippen molar-refractivity contribution in [3.8, 4) is 0 Å². The van der Waals surface area contributed by atoms with E-state index in [-0.39, 0.29) is 11.3 Å². The van der Waals surface area contributed by atoms with Crippen LogP contribution in [0.15, 0.2) is 48.5 Å². The largest absolute Gasteiger partial charge is 0.422 e. The number of ketones is 1. The van der Waals surface area contributed by atoms with Crippen LogP contribution in [0.5, 0.6) is 0 Å². The highest BCUT2D eigenvalue weighted by molar-refractivity contribution is 6.04. The number of carbonyl (C=O) groups excluding carboxylic acids is 1. The van der Waals surface area contributed by atoms with Gasteiger partial charge in [-0.05, 0) is 17.7 Å². The lowest BCUT2D eigenvalue weighted by Crippen LogP contribution is -2.18. The topological polar surface area (TPSA) is 92.5 Å². The van der Waals surface area contributed by atoms with Crippen LogP contribution < -0.4 is 5.32 Å². The Morgan fingerprint density at radius 1 is 0.971 bits per heavy atom. The zero-order valence-electron chi connectivity index (χ0n) is 17.2. The molecule has 0 aromatic heterocycles. The number of Topliss-reactive ketones (excluding diaryl/α,β-unsaturated/α-hetero) is 1. The van der Waals surface area contributed by atoms with Crippen LogP contribution in [-0.2, 0) is 12.7 Å². The molecule has 3 aromatic carbocycles. The van der Waals surface area contributed by atoms with Crippen LogP contribution in [-0.4, -0.2) is 15.8 Å². The van der Waals surface area contributed by atoms with Crippen molar-refractivity contribution >= 4 is 17.2 Å². The fourth-order valence-electron chi connectivity index (χ4n) is 3.21. The van der Waals surface area contributed by atoms with Gasteiger partial charge in [0.15, 0.2) is 23.3 Å². The number of nitrogens with one attached hydrogen (secondary N) is 1. The van der Waals surface area contributed by atoms with Crippen LogP contribution in [0, 0.1) is 33.4 Å². The number of anilines is 1. The van der Waals surface area contributed by atoms with E-state index in [1.54, 1.807) is 6.07 Å². The molecule has 13 heteroatoms. The summed E-state index contributed by atoms with van der Waals surface area (Å²) >= 11 is 0. The van der Waals surface area contributed by atoms with E-state index < -0.39 is 75.2 Å². The van der Waals surface area contributed by atoms with E-state index in [0.29, 0.717) is 0 Å². The maximum absolute atomic E-state index is 14.1. The molecular formula is C22H13F7N2O4. The summed E-state index contributed by atoms with van der Waals surface area (Å²) in [7, 11) is 0. The summed E-state index contributed by atoms with van der Waals surface area (Å²) in [6.07, 6.45) is -7.51. The molecule has 0 aliphatic carbocycles. The van der Waals surface area contributed by atoms with Crippen LogP contribution in [0.4, 0.5) is 42.1 Å².